The van der Waals surface area contributed by atoms with Crippen LogP contribution in [0.1, 0.15) is 25.5 Å². The summed E-state index contributed by atoms with van der Waals surface area (Å²) in [6.07, 6.45) is 2.64. The molecule has 0 atom stereocenters. The van der Waals surface area contributed by atoms with Gasteiger partial charge in [-0.05, 0) is 16.3 Å². The number of hydrogen-bond acceptors (Lipinski definition) is 4. The smallest absolute Gasteiger partial charge is 0.358 e. The molecule has 0 amide bonds. The number of nitro groups is 1. The lowest BCUT2D eigenvalue weighted by atomic mass is 10.1. The molecule has 6 nitrogen and oxygen atoms in total. The van der Waals surface area contributed by atoms with Gasteiger partial charge in [-0.25, -0.2) is 0 Å². The van der Waals surface area contributed by atoms with E-state index in [2.05, 4.69) is 4.98 Å². The third-order valence-electron chi connectivity index (χ3n) is 2.10. The van der Waals surface area contributed by atoms with Gasteiger partial charge in [0.05, 0.1) is 6.42 Å². The zero-order chi connectivity index (χ0) is 11.4. The molecule has 1 aromatic heterocycles. The van der Waals surface area contributed by atoms with Crippen molar-refractivity contribution in [2.45, 2.75) is 26.2 Å². The molecule has 0 aliphatic rings. The molecule has 0 saturated heterocycles. The van der Waals surface area contributed by atoms with Crippen LogP contribution in [0.3, 0.4) is 0 Å². The van der Waals surface area contributed by atoms with Crippen molar-refractivity contribution in [3.8, 4) is 0 Å². The second kappa shape index (κ2) is 4.68. The Balaban J connectivity index is 2.88. The highest BCUT2D eigenvalue weighted by molar-refractivity contribution is 5.81. The number of hydrogen-bond donors (Lipinski definition) is 0. The van der Waals surface area contributed by atoms with E-state index in [9.17, 15) is 14.9 Å². The normalized spacial score (nSPS) is 10.3. The first-order valence-corrected chi connectivity index (χ1v) is 4.72. The molecule has 15 heavy (non-hydrogen) atoms. The van der Waals surface area contributed by atoms with Gasteiger partial charge in [-0.15, -0.1) is 0 Å². The highest BCUT2D eigenvalue weighted by atomic mass is 16.6. The van der Waals surface area contributed by atoms with E-state index < -0.39 is 4.92 Å². The Hall–Kier alpha value is -1.72. The summed E-state index contributed by atoms with van der Waals surface area (Å²) in [7, 11) is 1.65. The summed E-state index contributed by atoms with van der Waals surface area (Å²) in [5.41, 5.74) is 0.374. The largest absolute Gasteiger partial charge is 0.385 e. The summed E-state index contributed by atoms with van der Waals surface area (Å²) in [6.45, 7) is 1.90. The number of rotatable bonds is 5. The van der Waals surface area contributed by atoms with Crippen molar-refractivity contribution in [2.24, 2.45) is 7.05 Å². The summed E-state index contributed by atoms with van der Waals surface area (Å²) in [5, 5.41) is 10.6. The zero-order valence-electron chi connectivity index (χ0n) is 8.77. The molecule has 0 saturated carbocycles. The van der Waals surface area contributed by atoms with Gasteiger partial charge in [0.15, 0.2) is 0 Å². The Morgan fingerprint density at radius 1 is 1.67 bits per heavy atom. The molecule has 0 unspecified atom stereocenters. The van der Waals surface area contributed by atoms with Crippen molar-refractivity contribution in [3.63, 3.8) is 0 Å². The number of imidazole rings is 1. The number of aromatic nitrogens is 2. The van der Waals surface area contributed by atoms with Gasteiger partial charge < -0.3 is 14.7 Å². The van der Waals surface area contributed by atoms with E-state index in [1.807, 2.05) is 6.92 Å². The van der Waals surface area contributed by atoms with Gasteiger partial charge >= 0.3 is 5.82 Å². The fourth-order valence-electron chi connectivity index (χ4n) is 1.35. The Morgan fingerprint density at radius 2 is 2.33 bits per heavy atom. The third kappa shape index (κ3) is 2.61. The summed E-state index contributed by atoms with van der Waals surface area (Å²) < 4.78 is 1.52. The summed E-state index contributed by atoms with van der Waals surface area (Å²) in [6, 6.07) is 0. The van der Waals surface area contributed by atoms with Gasteiger partial charge in [0.25, 0.3) is 0 Å². The minimum absolute atomic E-state index is 0.00389. The van der Waals surface area contributed by atoms with Gasteiger partial charge in [0, 0.05) is 13.5 Å². The topological polar surface area (TPSA) is 78.0 Å². The first-order chi connectivity index (χ1) is 7.06. The molecule has 1 aromatic rings. The quantitative estimate of drug-likeness (QED) is 0.542. The number of carbonyl (C=O) groups excluding carboxylic acids is 1. The standard InChI is InChI=1S/C9H13N3O3/c1-3-4-7(13)5-8-9(12(14)15)10-6-11(8)2/h6H,3-5H2,1-2H3. The molecule has 1 rings (SSSR count). The molecule has 1 heterocycles. The van der Waals surface area contributed by atoms with E-state index in [1.54, 1.807) is 7.05 Å². The van der Waals surface area contributed by atoms with Crippen LogP contribution in [0.25, 0.3) is 0 Å². The lowest BCUT2D eigenvalue weighted by molar-refractivity contribution is -0.390. The van der Waals surface area contributed by atoms with E-state index in [1.165, 1.54) is 10.9 Å². The maximum Gasteiger partial charge on any atom is 0.385 e. The molecule has 0 N–H and O–H groups in total. The minimum Gasteiger partial charge on any atom is -0.358 e. The monoisotopic (exact) mass is 211 g/mol. The summed E-state index contributed by atoms with van der Waals surface area (Å²) in [5.74, 6) is -0.217. The van der Waals surface area contributed by atoms with Crippen LogP contribution < -0.4 is 0 Å². The van der Waals surface area contributed by atoms with Crippen molar-refractivity contribution < 1.29 is 9.72 Å². The average molecular weight is 211 g/mol. The average Bonchev–Trinajstić information content (AvgIpc) is 2.48. The van der Waals surface area contributed by atoms with E-state index in [-0.39, 0.29) is 18.0 Å². The van der Waals surface area contributed by atoms with Crippen molar-refractivity contribution in [1.29, 1.82) is 0 Å². The fraction of sp³-hybridized carbons (Fsp3) is 0.556. The highest BCUT2D eigenvalue weighted by Gasteiger charge is 2.21. The van der Waals surface area contributed by atoms with Crippen molar-refractivity contribution >= 4 is 11.6 Å². The molecular weight excluding hydrogens is 198 g/mol. The van der Waals surface area contributed by atoms with Crippen molar-refractivity contribution in [2.75, 3.05) is 0 Å². The Bertz CT molecular complexity index is 384. The van der Waals surface area contributed by atoms with Crippen molar-refractivity contribution in [1.82, 2.24) is 9.55 Å². The van der Waals surface area contributed by atoms with Crippen LogP contribution in [-0.4, -0.2) is 20.3 Å². The van der Waals surface area contributed by atoms with E-state index in [0.29, 0.717) is 12.1 Å². The predicted octanol–water partition coefficient (Wildman–Crippen LogP) is 1.24. The predicted molar refractivity (Wildman–Crippen MR) is 53.5 cm³/mol. The maximum atomic E-state index is 11.4. The first kappa shape index (κ1) is 11.4. The van der Waals surface area contributed by atoms with Gasteiger partial charge in [-0.3, -0.25) is 4.79 Å². The Morgan fingerprint density at radius 3 is 2.87 bits per heavy atom. The minimum atomic E-state index is -0.561. The van der Waals surface area contributed by atoms with E-state index >= 15 is 0 Å². The molecular formula is C9H13N3O3. The fourth-order valence-corrected chi connectivity index (χ4v) is 1.35. The molecule has 0 spiro atoms. The van der Waals surface area contributed by atoms with Crippen LogP contribution in [0.2, 0.25) is 0 Å². The molecule has 0 radical (unpaired) electrons. The van der Waals surface area contributed by atoms with Crippen LogP contribution >= 0.6 is 0 Å². The number of ketones is 1. The second-order valence-corrected chi connectivity index (χ2v) is 3.35. The van der Waals surface area contributed by atoms with Crippen LogP contribution in [0.4, 0.5) is 5.82 Å². The molecule has 0 fully saturated rings. The SMILES string of the molecule is CCCC(=O)Cc1c([N+](=O)[O-])ncn1C. The molecule has 82 valence electrons. The number of Topliss-reactive ketones (excluding diaryl/α,β-unsaturated/α-hetero) is 1. The zero-order valence-corrected chi connectivity index (χ0v) is 8.77. The Labute approximate surface area is 87.1 Å². The molecule has 0 aliphatic carbocycles. The van der Waals surface area contributed by atoms with Crippen LogP contribution in [0.15, 0.2) is 6.33 Å². The molecule has 0 aliphatic heterocycles. The second-order valence-electron chi connectivity index (χ2n) is 3.35. The van der Waals surface area contributed by atoms with E-state index in [4.69, 9.17) is 0 Å². The summed E-state index contributed by atoms with van der Waals surface area (Å²) in [4.78, 5) is 25.0. The van der Waals surface area contributed by atoms with E-state index in [0.717, 1.165) is 6.42 Å². The summed E-state index contributed by atoms with van der Waals surface area (Å²) >= 11 is 0. The molecule has 0 aromatic carbocycles. The van der Waals surface area contributed by atoms with Crippen molar-refractivity contribution in [3.05, 3.63) is 22.1 Å². The Kier molecular flexibility index (Phi) is 3.54. The third-order valence-corrected chi connectivity index (χ3v) is 2.10. The van der Waals surface area contributed by atoms with Gasteiger partial charge in [-0.2, -0.15) is 0 Å². The molecule has 0 bridgehead atoms. The lowest BCUT2D eigenvalue weighted by Crippen LogP contribution is -2.08. The van der Waals surface area contributed by atoms with Crippen LogP contribution in [0.5, 0.6) is 0 Å². The van der Waals surface area contributed by atoms with Crippen LogP contribution in [-0.2, 0) is 18.3 Å². The van der Waals surface area contributed by atoms with Gasteiger partial charge in [0.2, 0.25) is 6.33 Å². The first-order valence-electron chi connectivity index (χ1n) is 4.72. The number of carbonyl (C=O) groups is 1. The lowest BCUT2D eigenvalue weighted by Gasteiger charge is -2.00. The molecule has 6 heteroatoms. The van der Waals surface area contributed by atoms with Gasteiger partial charge in [0.1, 0.15) is 11.5 Å². The highest BCUT2D eigenvalue weighted by Crippen LogP contribution is 2.16. The van der Waals surface area contributed by atoms with Crippen LogP contribution in [0, 0.1) is 10.1 Å². The number of nitrogens with zero attached hydrogens (tertiary/aromatic N) is 3. The maximum absolute atomic E-state index is 11.4. The number of aryl methyl sites for hydroxylation is 1. The van der Waals surface area contributed by atoms with Gasteiger partial charge in [-0.1, -0.05) is 6.92 Å².